The molecule has 0 saturated carbocycles. The predicted molar refractivity (Wildman–Crippen MR) is 93.7 cm³/mol. The molecule has 2 N–H and O–H groups in total. The average Bonchev–Trinajstić information content (AvgIpc) is 2.42. The van der Waals surface area contributed by atoms with E-state index in [1.165, 1.54) is 13.3 Å². The van der Waals surface area contributed by atoms with Crippen LogP contribution in [-0.4, -0.2) is 35.5 Å². The van der Waals surface area contributed by atoms with Gasteiger partial charge in [0.1, 0.15) is 16.9 Å². The van der Waals surface area contributed by atoms with Crippen LogP contribution in [0.25, 0.3) is 0 Å². The van der Waals surface area contributed by atoms with E-state index in [0.717, 1.165) is 0 Å². The van der Waals surface area contributed by atoms with E-state index in [1.807, 2.05) is 0 Å². The molecule has 2 amide bonds. The van der Waals surface area contributed by atoms with Gasteiger partial charge in [0.25, 0.3) is 0 Å². The highest BCUT2D eigenvalue weighted by Gasteiger charge is 2.22. The fourth-order valence-electron chi connectivity index (χ4n) is 1.80. The Morgan fingerprint density at radius 2 is 1.62 bits per heavy atom. The highest BCUT2D eigenvalue weighted by Crippen LogP contribution is 2.29. The van der Waals surface area contributed by atoms with E-state index in [4.69, 9.17) is 14.2 Å². The maximum absolute atomic E-state index is 14.5. The predicted octanol–water partition coefficient (Wildman–Crippen LogP) is 3.60. The van der Waals surface area contributed by atoms with Gasteiger partial charge in [-0.15, -0.1) is 0 Å². The fourth-order valence-corrected chi connectivity index (χ4v) is 1.80. The topological polar surface area (TPSA) is 98.8 Å². The highest BCUT2D eigenvalue weighted by atomic mass is 19.1. The third kappa shape index (κ3) is 7.12. The lowest BCUT2D eigenvalue weighted by molar-refractivity contribution is 0.0521. The number of nitrogens with one attached hydrogen (secondary N) is 2. The first kappa shape index (κ1) is 21.5. The van der Waals surface area contributed by atoms with Gasteiger partial charge in [0.2, 0.25) is 0 Å². The monoisotopic (exact) mass is 371 g/mol. The van der Waals surface area contributed by atoms with Gasteiger partial charge in [-0.3, -0.25) is 10.3 Å². The summed E-state index contributed by atoms with van der Waals surface area (Å²) in [6.07, 6.45) is -0.247. The van der Waals surface area contributed by atoms with Gasteiger partial charge in [-0.2, -0.15) is 0 Å². The Kier molecular flexibility index (Phi) is 6.77. The van der Waals surface area contributed by atoms with Crippen molar-refractivity contribution in [3.63, 3.8) is 0 Å². The zero-order valence-electron chi connectivity index (χ0n) is 16.2. The molecule has 1 aromatic rings. The molecule has 0 saturated heterocycles. The molecule has 8 nitrogen and oxygen atoms in total. The van der Waals surface area contributed by atoms with Crippen molar-refractivity contribution in [3.05, 3.63) is 17.7 Å². The molecule has 146 valence electrons. The maximum Gasteiger partial charge on any atom is 0.412 e. The van der Waals surface area contributed by atoms with Gasteiger partial charge in [-0.1, -0.05) is 0 Å². The second kappa shape index (κ2) is 8.20. The number of nitrogens with zero attached hydrogens (tertiary/aromatic N) is 1. The standard InChI is InChI=1S/C17H26FN3O5/c1-16(2,3)25-14(22)20-8-10-12(18)13(24-7)11(9-19-10)21-15(23)26-17(4,5)6/h9H,8H2,1-7H3,(H,20,22)(H,21,23). The van der Waals surface area contributed by atoms with Crippen molar-refractivity contribution in [2.24, 2.45) is 0 Å². The van der Waals surface area contributed by atoms with E-state index in [2.05, 4.69) is 15.6 Å². The SMILES string of the molecule is COc1c(NC(=O)OC(C)(C)C)cnc(CNC(=O)OC(C)(C)C)c1F. The molecular weight excluding hydrogens is 345 g/mol. The number of hydrogen-bond acceptors (Lipinski definition) is 6. The molecular formula is C17H26FN3O5. The Morgan fingerprint density at radius 3 is 2.12 bits per heavy atom. The van der Waals surface area contributed by atoms with Crippen LogP contribution in [0.5, 0.6) is 5.75 Å². The van der Waals surface area contributed by atoms with Crippen LogP contribution in [-0.2, 0) is 16.0 Å². The van der Waals surface area contributed by atoms with Crippen LogP contribution in [0.3, 0.4) is 0 Å². The van der Waals surface area contributed by atoms with Gasteiger partial charge in [0.15, 0.2) is 11.6 Å². The fraction of sp³-hybridized carbons (Fsp3) is 0.588. The van der Waals surface area contributed by atoms with Gasteiger partial charge >= 0.3 is 12.2 Å². The molecule has 9 heteroatoms. The summed E-state index contributed by atoms with van der Waals surface area (Å²) in [7, 11) is 1.25. The van der Waals surface area contributed by atoms with E-state index in [1.54, 1.807) is 41.5 Å². The number of carbonyl (C=O) groups excluding carboxylic acids is 2. The molecule has 1 heterocycles. The molecule has 0 aliphatic heterocycles. The number of anilines is 1. The number of methoxy groups -OCH3 is 1. The summed E-state index contributed by atoms with van der Waals surface area (Å²) in [5.41, 5.74) is -1.43. The van der Waals surface area contributed by atoms with Crippen LogP contribution in [0.2, 0.25) is 0 Å². The van der Waals surface area contributed by atoms with Crippen molar-refractivity contribution in [2.75, 3.05) is 12.4 Å². The van der Waals surface area contributed by atoms with E-state index >= 15 is 0 Å². The molecule has 0 fully saturated rings. The number of hydrogen-bond donors (Lipinski definition) is 2. The van der Waals surface area contributed by atoms with E-state index in [0.29, 0.717) is 0 Å². The van der Waals surface area contributed by atoms with Crippen molar-refractivity contribution in [2.45, 2.75) is 59.3 Å². The third-order valence-electron chi connectivity index (χ3n) is 2.69. The first-order valence-corrected chi connectivity index (χ1v) is 8.00. The van der Waals surface area contributed by atoms with Gasteiger partial charge in [-0.05, 0) is 41.5 Å². The average molecular weight is 371 g/mol. The van der Waals surface area contributed by atoms with Crippen LogP contribution in [0.1, 0.15) is 47.2 Å². The number of halogens is 1. The zero-order chi connectivity index (χ0) is 20.1. The second-order valence-electron chi connectivity index (χ2n) is 7.45. The van der Waals surface area contributed by atoms with E-state index < -0.39 is 29.2 Å². The van der Waals surface area contributed by atoms with Crippen molar-refractivity contribution in [1.29, 1.82) is 0 Å². The summed E-state index contributed by atoms with van der Waals surface area (Å²) in [6, 6.07) is 0. The quantitative estimate of drug-likeness (QED) is 0.839. The molecule has 0 radical (unpaired) electrons. The number of ether oxygens (including phenoxy) is 3. The lowest BCUT2D eigenvalue weighted by Crippen LogP contribution is -2.32. The zero-order valence-corrected chi connectivity index (χ0v) is 16.2. The molecule has 0 aromatic carbocycles. The van der Waals surface area contributed by atoms with Crippen LogP contribution < -0.4 is 15.4 Å². The molecule has 1 aromatic heterocycles. The van der Waals surface area contributed by atoms with Crippen LogP contribution in [0, 0.1) is 5.82 Å². The molecule has 1 rings (SSSR count). The largest absolute Gasteiger partial charge is 0.491 e. The normalized spacial score (nSPS) is 11.5. The number of pyridine rings is 1. The Morgan fingerprint density at radius 1 is 1.08 bits per heavy atom. The lowest BCUT2D eigenvalue weighted by Gasteiger charge is -2.21. The van der Waals surface area contributed by atoms with Crippen LogP contribution >= 0.6 is 0 Å². The molecule has 0 aliphatic rings. The van der Waals surface area contributed by atoms with Gasteiger partial charge < -0.3 is 19.5 Å². The number of aromatic nitrogens is 1. The van der Waals surface area contributed by atoms with Crippen LogP contribution in [0.4, 0.5) is 19.7 Å². The highest BCUT2D eigenvalue weighted by molar-refractivity contribution is 5.86. The summed E-state index contributed by atoms with van der Waals surface area (Å²) in [5.74, 6) is -1.02. The maximum atomic E-state index is 14.5. The Hall–Kier alpha value is -2.58. The number of carbonyl (C=O) groups is 2. The summed E-state index contributed by atoms with van der Waals surface area (Å²) < 4.78 is 29.7. The van der Waals surface area contributed by atoms with E-state index in [9.17, 15) is 14.0 Å². The first-order chi connectivity index (χ1) is 11.8. The van der Waals surface area contributed by atoms with Crippen molar-refractivity contribution in [3.8, 4) is 5.75 Å². The second-order valence-corrected chi connectivity index (χ2v) is 7.45. The van der Waals surface area contributed by atoms with E-state index in [-0.39, 0.29) is 23.7 Å². The number of rotatable bonds is 4. The van der Waals surface area contributed by atoms with Gasteiger partial charge in [-0.25, -0.2) is 14.0 Å². The summed E-state index contributed by atoms with van der Waals surface area (Å²) in [6.45, 7) is 10.0. The Bertz CT molecular complexity index is 666. The van der Waals surface area contributed by atoms with Crippen LogP contribution in [0.15, 0.2) is 6.20 Å². The van der Waals surface area contributed by atoms with Crippen molar-refractivity contribution in [1.82, 2.24) is 10.3 Å². The smallest absolute Gasteiger partial charge is 0.412 e. The minimum absolute atomic E-state index is 0.0141. The molecule has 0 unspecified atom stereocenters. The Balaban J connectivity index is 2.86. The molecule has 0 aliphatic carbocycles. The summed E-state index contributed by atoms with van der Waals surface area (Å²) >= 11 is 0. The lowest BCUT2D eigenvalue weighted by atomic mass is 10.2. The molecule has 0 bridgehead atoms. The van der Waals surface area contributed by atoms with Crippen molar-refractivity contribution >= 4 is 17.9 Å². The summed E-state index contributed by atoms with van der Waals surface area (Å²) in [5, 5.41) is 4.79. The minimum Gasteiger partial charge on any atom is -0.491 e. The summed E-state index contributed by atoms with van der Waals surface area (Å²) in [4.78, 5) is 27.4. The molecule has 0 atom stereocenters. The minimum atomic E-state index is -0.808. The number of amides is 2. The first-order valence-electron chi connectivity index (χ1n) is 8.00. The van der Waals surface area contributed by atoms with Crippen molar-refractivity contribution < 1.29 is 28.2 Å². The third-order valence-corrected chi connectivity index (χ3v) is 2.69. The Labute approximate surface area is 152 Å². The molecule has 26 heavy (non-hydrogen) atoms. The molecule has 0 spiro atoms. The van der Waals surface area contributed by atoms with Gasteiger partial charge in [0.05, 0.1) is 25.5 Å². The number of alkyl carbamates (subject to hydrolysis) is 1. The van der Waals surface area contributed by atoms with Gasteiger partial charge in [0, 0.05) is 0 Å².